The highest BCUT2D eigenvalue weighted by Crippen LogP contribution is 2.23. The summed E-state index contributed by atoms with van der Waals surface area (Å²) < 4.78 is 4.94. The Morgan fingerprint density at radius 3 is 2.59 bits per heavy atom. The number of nitrogens with two attached hydrogens (primary N) is 1. The Morgan fingerprint density at radius 2 is 2.12 bits per heavy atom. The second-order valence-electron chi connectivity index (χ2n) is 4.77. The van der Waals surface area contributed by atoms with E-state index in [1.54, 1.807) is 25.6 Å². The van der Waals surface area contributed by atoms with E-state index in [1.165, 1.54) is 0 Å². The lowest BCUT2D eigenvalue weighted by molar-refractivity contribution is -0.149. The first-order chi connectivity index (χ1) is 7.83. The summed E-state index contributed by atoms with van der Waals surface area (Å²) in [5, 5.41) is 9.19. The topological polar surface area (TPSA) is 72.5 Å². The summed E-state index contributed by atoms with van der Waals surface area (Å²) in [4.78, 5) is 11.6. The Bertz CT molecular complexity index is 234. The first kappa shape index (κ1) is 16.7. The van der Waals surface area contributed by atoms with E-state index in [0.717, 1.165) is 5.75 Å². The number of ether oxygens (including phenoxy) is 1. The molecule has 0 fully saturated rings. The molecule has 0 aliphatic rings. The molecule has 0 rings (SSSR count). The number of aliphatic hydroxyl groups is 1. The van der Waals surface area contributed by atoms with E-state index in [2.05, 4.69) is 0 Å². The normalized spacial score (nSPS) is 18.2. The van der Waals surface area contributed by atoms with E-state index in [4.69, 9.17) is 15.6 Å². The van der Waals surface area contributed by atoms with Crippen LogP contribution >= 0.6 is 11.8 Å². The van der Waals surface area contributed by atoms with Crippen molar-refractivity contribution in [3.05, 3.63) is 0 Å². The molecule has 0 saturated carbocycles. The van der Waals surface area contributed by atoms with E-state index in [-0.39, 0.29) is 23.7 Å². The van der Waals surface area contributed by atoms with Crippen LogP contribution in [0.15, 0.2) is 0 Å². The Balaban J connectivity index is 4.08. The number of rotatable bonds is 8. The monoisotopic (exact) mass is 263 g/mol. The second kappa shape index (κ2) is 7.95. The van der Waals surface area contributed by atoms with Crippen LogP contribution in [0, 0.1) is 5.92 Å². The molecule has 0 aromatic heterocycles. The molecule has 102 valence electrons. The van der Waals surface area contributed by atoms with Crippen LogP contribution in [0.25, 0.3) is 0 Å². The van der Waals surface area contributed by atoms with Gasteiger partial charge in [0.25, 0.3) is 0 Å². The van der Waals surface area contributed by atoms with Crippen LogP contribution in [0.2, 0.25) is 0 Å². The maximum absolute atomic E-state index is 11.6. The molecule has 4 nitrogen and oxygen atoms in total. The molecular weight excluding hydrogens is 238 g/mol. The molecule has 0 heterocycles. The van der Waals surface area contributed by atoms with Crippen LogP contribution in [0.5, 0.6) is 0 Å². The summed E-state index contributed by atoms with van der Waals surface area (Å²) >= 11 is 1.72. The molecule has 3 N–H and O–H groups in total. The molecule has 0 aliphatic heterocycles. The van der Waals surface area contributed by atoms with Crippen molar-refractivity contribution >= 4 is 17.7 Å². The van der Waals surface area contributed by atoms with Crippen molar-refractivity contribution in [3.63, 3.8) is 0 Å². The summed E-state index contributed by atoms with van der Waals surface area (Å²) in [7, 11) is 0. The first-order valence-corrected chi connectivity index (χ1v) is 7.07. The lowest BCUT2D eigenvalue weighted by atomic mass is 9.98. The Kier molecular flexibility index (Phi) is 7.83. The average Bonchev–Trinajstić information content (AvgIpc) is 2.25. The zero-order valence-electron chi connectivity index (χ0n) is 11.2. The standard InChI is InChI=1S/C12H25NO3S/c1-5-16-11(15)12(4,13)6-10(3)17-8-9(2)7-14/h9-10,14H,5-8,13H2,1-4H3. The van der Waals surface area contributed by atoms with Crippen LogP contribution < -0.4 is 5.73 Å². The quantitative estimate of drug-likeness (QED) is 0.648. The van der Waals surface area contributed by atoms with E-state index in [9.17, 15) is 4.79 Å². The van der Waals surface area contributed by atoms with Gasteiger partial charge in [0.2, 0.25) is 0 Å². The largest absolute Gasteiger partial charge is 0.465 e. The van der Waals surface area contributed by atoms with Crippen LogP contribution in [0.4, 0.5) is 0 Å². The summed E-state index contributed by atoms with van der Waals surface area (Å²) in [6.07, 6.45) is 0.578. The minimum atomic E-state index is -0.926. The van der Waals surface area contributed by atoms with E-state index < -0.39 is 5.54 Å². The third-order valence-corrected chi connectivity index (χ3v) is 3.93. The molecule has 0 amide bonds. The molecule has 5 heteroatoms. The van der Waals surface area contributed by atoms with E-state index >= 15 is 0 Å². The van der Waals surface area contributed by atoms with Crippen molar-refractivity contribution in [1.82, 2.24) is 0 Å². The van der Waals surface area contributed by atoms with Crippen molar-refractivity contribution in [3.8, 4) is 0 Å². The maximum Gasteiger partial charge on any atom is 0.325 e. The average molecular weight is 263 g/mol. The van der Waals surface area contributed by atoms with E-state index in [0.29, 0.717) is 13.0 Å². The Hall–Kier alpha value is -0.260. The predicted molar refractivity (Wildman–Crippen MR) is 72.0 cm³/mol. The van der Waals surface area contributed by atoms with Gasteiger partial charge in [-0.1, -0.05) is 13.8 Å². The fourth-order valence-corrected chi connectivity index (χ4v) is 2.64. The molecule has 3 atom stereocenters. The Labute approximate surface area is 108 Å². The summed E-state index contributed by atoms with van der Waals surface area (Å²) in [6, 6.07) is 0. The molecule has 0 bridgehead atoms. The van der Waals surface area contributed by atoms with Crippen LogP contribution in [-0.2, 0) is 9.53 Å². The highest BCUT2D eigenvalue weighted by molar-refractivity contribution is 7.99. The lowest BCUT2D eigenvalue weighted by Gasteiger charge is -2.25. The number of carbonyl (C=O) groups excluding carboxylic acids is 1. The van der Waals surface area contributed by atoms with Gasteiger partial charge < -0.3 is 15.6 Å². The first-order valence-electron chi connectivity index (χ1n) is 6.02. The SMILES string of the molecule is CCOC(=O)C(C)(N)CC(C)SCC(C)CO. The number of esters is 1. The van der Waals surface area contributed by atoms with Crippen molar-refractivity contribution < 1.29 is 14.6 Å². The van der Waals surface area contributed by atoms with Gasteiger partial charge in [-0.25, -0.2) is 0 Å². The fraction of sp³-hybridized carbons (Fsp3) is 0.917. The maximum atomic E-state index is 11.6. The second-order valence-corrected chi connectivity index (χ2v) is 6.25. The van der Waals surface area contributed by atoms with E-state index in [1.807, 2.05) is 13.8 Å². The minimum Gasteiger partial charge on any atom is -0.465 e. The van der Waals surface area contributed by atoms with Gasteiger partial charge in [0.1, 0.15) is 5.54 Å². The fourth-order valence-electron chi connectivity index (χ4n) is 1.42. The number of hydrogen-bond donors (Lipinski definition) is 2. The van der Waals surface area contributed by atoms with Gasteiger partial charge in [-0.3, -0.25) is 4.79 Å². The molecule has 17 heavy (non-hydrogen) atoms. The molecule has 0 saturated heterocycles. The van der Waals surface area contributed by atoms with Gasteiger partial charge in [-0.05, 0) is 31.9 Å². The van der Waals surface area contributed by atoms with Crippen LogP contribution in [0.1, 0.15) is 34.1 Å². The van der Waals surface area contributed by atoms with Gasteiger partial charge in [0.05, 0.1) is 6.61 Å². The summed E-state index contributed by atoms with van der Waals surface area (Å²) in [5.74, 6) is 0.799. The molecule has 0 aromatic rings. The zero-order chi connectivity index (χ0) is 13.5. The Morgan fingerprint density at radius 1 is 1.53 bits per heavy atom. The van der Waals surface area contributed by atoms with Crippen molar-refractivity contribution in [2.75, 3.05) is 19.0 Å². The van der Waals surface area contributed by atoms with Crippen LogP contribution in [0.3, 0.4) is 0 Å². The molecule has 0 aliphatic carbocycles. The van der Waals surface area contributed by atoms with Crippen molar-refractivity contribution in [2.24, 2.45) is 11.7 Å². The summed E-state index contributed by atoms with van der Waals surface area (Å²) in [5.41, 5.74) is 5.02. The third-order valence-electron chi connectivity index (χ3n) is 2.43. The van der Waals surface area contributed by atoms with Gasteiger partial charge >= 0.3 is 5.97 Å². The number of aliphatic hydroxyl groups excluding tert-OH is 1. The highest BCUT2D eigenvalue weighted by Gasteiger charge is 2.31. The molecular formula is C12H25NO3S. The number of hydrogen-bond acceptors (Lipinski definition) is 5. The van der Waals surface area contributed by atoms with Gasteiger partial charge in [-0.2, -0.15) is 11.8 Å². The smallest absolute Gasteiger partial charge is 0.325 e. The van der Waals surface area contributed by atoms with Gasteiger partial charge in [0, 0.05) is 11.9 Å². The summed E-state index contributed by atoms with van der Waals surface area (Å²) in [6.45, 7) is 8.06. The molecule has 0 spiro atoms. The van der Waals surface area contributed by atoms with Gasteiger partial charge in [0.15, 0.2) is 0 Å². The number of thioether (sulfide) groups is 1. The zero-order valence-corrected chi connectivity index (χ0v) is 12.0. The molecule has 0 aromatic carbocycles. The van der Waals surface area contributed by atoms with Crippen molar-refractivity contribution in [2.45, 2.75) is 44.9 Å². The van der Waals surface area contributed by atoms with Gasteiger partial charge in [-0.15, -0.1) is 0 Å². The predicted octanol–water partition coefficient (Wildman–Crippen LogP) is 1.41. The van der Waals surface area contributed by atoms with Crippen LogP contribution in [-0.4, -0.2) is 40.8 Å². The van der Waals surface area contributed by atoms with Crippen molar-refractivity contribution in [1.29, 1.82) is 0 Å². The highest BCUT2D eigenvalue weighted by atomic mass is 32.2. The molecule has 0 radical (unpaired) electrons. The molecule has 3 unspecified atom stereocenters. The minimum absolute atomic E-state index is 0.192. The number of carbonyl (C=O) groups is 1. The third kappa shape index (κ3) is 6.91. The lowest BCUT2D eigenvalue weighted by Crippen LogP contribution is -2.47.